The number of benzene rings is 1. The summed E-state index contributed by atoms with van der Waals surface area (Å²) < 4.78 is 0.953. The zero-order valence-electron chi connectivity index (χ0n) is 11.2. The minimum absolute atomic E-state index is 0.143. The van der Waals surface area contributed by atoms with Crippen molar-refractivity contribution in [2.45, 2.75) is 20.4 Å². The van der Waals surface area contributed by atoms with Crippen molar-refractivity contribution in [1.29, 1.82) is 0 Å². The van der Waals surface area contributed by atoms with Crippen molar-refractivity contribution in [3.8, 4) is 0 Å². The van der Waals surface area contributed by atoms with Crippen molar-refractivity contribution in [3.05, 3.63) is 61.7 Å². The highest BCUT2D eigenvalue weighted by atomic mass is 79.9. The lowest BCUT2D eigenvalue weighted by Gasteiger charge is -2.09. The molecule has 1 N–H and O–H groups in total. The van der Waals surface area contributed by atoms with E-state index in [-0.39, 0.29) is 10.6 Å². The average molecular weight is 336 g/mol. The molecule has 2 aromatic rings. The van der Waals surface area contributed by atoms with E-state index in [1.165, 1.54) is 6.07 Å². The second-order valence-corrected chi connectivity index (χ2v) is 5.29. The Labute approximate surface area is 125 Å². The normalized spacial score (nSPS) is 10.3. The van der Waals surface area contributed by atoms with Gasteiger partial charge in [0.1, 0.15) is 5.82 Å². The van der Waals surface area contributed by atoms with E-state index in [2.05, 4.69) is 26.2 Å². The van der Waals surface area contributed by atoms with Crippen molar-refractivity contribution in [1.82, 2.24) is 4.98 Å². The fourth-order valence-electron chi connectivity index (χ4n) is 1.89. The summed E-state index contributed by atoms with van der Waals surface area (Å²) in [6, 6.07) is 8.87. The first kappa shape index (κ1) is 14.5. The van der Waals surface area contributed by atoms with Crippen LogP contribution in [0, 0.1) is 24.0 Å². The van der Waals surface area contributed by atoms with Crippen LogP contribution >= 0.6 is 15.9 Å². The van der Waals surface area contributed by atoms with E-state index in [4.69, 9.17) is 0 Å². The molecule has 0 saturated heterocycles. The lowest BCUT2D eigenvalue weighted by atomic mass is 10.1. The molecular weight excluding hydrogens is 322 g/mol. The third kappa shape index (κ3) is 3.14. The van der Waals surface area contributed by atoms with Gasteiger partial charge in [-0.25, -0.2) is 4.98 Å². The van der Waals surface area contributed by atoms with Crippen LogP contribution < -0.4 is 5.32 Å². The predicted octanol–water partition coefficient (Wildman–Crippen LogP) is 3.98. The summed E-state index contributed by atoms with van der Waals surface area (Å²) in [7, 11) is 0. The number of hydrogen-bond donors (Lipinski definition) is 1. The number of nitrogens with zero attached hydrogens (tertiary/aromatic N) is 2. The van der Waals surface area contributed by atoms with E-state index in [0.29, 0.717) is 12.1 Å². The van der Waals surface area contributed by atoms with Crippen LogP contribution in [0.1, 0.15) is 16.8 Å². The summed E-state index contributed by atoms with van der Waals surface area (Å²) in [5.74, 6) is 0.747. The lowest BCUT2D eigenvalue weighted by Crippen LogP contribution is -2.05. The Kier molecular flexibility index (Phi) is 4.34. The van der Waals surface area contributed by atoms with Crippen LogP contribution in [0.5, 0.6) is 0 Å². The second-order valence-electron chi connectivity index (χ2n) is 4.44. The van der Waals surface area contributed by atoms with Gasteiger partial charge in [0.05, 0.1) is 10.6 Å². The fraction of sp³-hybridized carbons (Fsp3) is 0.214. The third-order valence-corrected chi connectivity index (χ3v) is 3.93. The Morgan fingerprint density at radius 2 is 2.05 bits per heavy atom. The van der Waals surface area contributed by atoms with Crippen molar-refractivity contribution in [2.24, 2.45) is 0 Å². The molecule has 0 radical (unpaired) electrons. The quantitative estimate of drug-likeness (QED) is 0.677. The van der Waals surface area contributed by atoms with Crippen molar-refractivity contribution in [3.63, 3.8) is 0 Å². The molecule has 5 nitrogen and oxygen atoms in total. The number of aryl methyl sites for hydroxylation is 1. The average Bonchev–Trinajstić information content (AvgIpc) is 2.41. The first-order chi connectivity index (χ1) is 9.49. The smallest absolute Gasteiger partial charge is 0.272 e. The van der Waals surface area contributed by atoms with Crippen LogP contribution in [0.2, 0.25) is 0 Å². The van der Waals surface area contributed by atoms with Gasteiger partial charge in [-0.2, -0.15) is 0 Å². The van der Waals surface area contributed by atoms with E-state index >= 15 is 0 Å². The van der Waals surface area contributed by atoms with Crippen LogP contribution in [-0.2, 0) is 6.54 Å². The topological polar surface area (TPSA) is 68.1 Å². The van der Waals surface area contributed by atoms with Gasteiger partial charge < -0.3 is 5.32 Å². The van der Waals surface area contributed by atoms with Crippen molar-refractivity contribution < 1.29 is 4.92 Å². The molecular formula is C14H14BrN3O2. The van der Waals surface area contributed by atoms with Gasteiger partial charge in [0, 0.05) is 22.6 Å². The number of pyridine rings is 1. The van der Waals surface area contributed by atoms with Gasteiger partial charge in [0.25, 0.3) is 5.69 Å². The highest BCUT2D eigenvalue weighted by Crippen LogP contribution is 2.22. The SMILES string of the molecule is Cc1nc(NCc2cccc([N+](=O)[O-])c2C)ccc1Br. The van der Waals surface area contributed by atoms with Gasteiger partial charge in [-0.3, -0.25) is 10.1 Å². The van der Waals surface area contributed by atoms with Gasteiger partial charge in [-0.15, -0.1) is 0 Å². The number of nitro groups is 1. The zero-order valence-corrected chi connectivity index (χ0v) is 12.8. The third-order valence-electron chi connectivity index (χ3n) is 3.10. The summed E-state index contributed by atoms with van der Waals surface area (Å²) in [5, 5.41) is 14.1. The summed E-state index contributed by atoms with van der Waals surface area (Å²) in [5.41, 5.74) is 2.61. The summed E-state index contributed by atoms with van der Waals surface area (Å²) >= 11 is 3.40. The number of rotatable bonds is 4. The molecule has 1 aromatic carbocycles. The van der Waals surface area contributed by atoms with Crippen molar-refractivity contribution in [2.75, 3.05) is 5.32 Å². The van der Waals surface area contributed by atoms with Crippen LogP contribution in [0.4, 0.5) is 11.5 Å². The molecule has 1 heterocycles. The number of nitro benzene ring substituents is 1. The number of anilines is 1. The van der Waals surface area contributed by atoms with Crippen LogP contribution in [0.3, 0.4) is 0 Å². The van der Waals surface area contributed by atoms with Crippen LogP contribution in [-0.4, -0.2) is 9.91 Å². The van der Waals surface area contributed by atoms with Crippen LogP contribution in [0.25, 0.3) is 0 Å². The van der Waals surface area contributed by atoms with Gasteiger partial charge in [-0.1, -0.05) is 12.1 Å². The molecule has 20 heavy (non-hydrogen) atoms. The molecule has 6 heteroatoms. The lowest BCUT2D eigenvalue weighted by molar-refractivity contribution is -0.385. The fourth-order valence-corrected chi connectivity index (χ4v) is 2.11. The second kappa shape index (κ2) is 6.00. The maximum atomic E-state index is 10.9. The van der Waals surface area contributed by atoms with Gasteiger partial charge >= 0.3 is 0 Å². The van der Waals surface area contributed by atoms with Gasteiger partial charge in [-0.05, 0) is 47.5 Å². The van der Waals surface area contributed by atoms with E-state index < -0.39 is 0 Å². The number of halogens is 1. The zero-order chi connectivity index (χ0) is 14.7. The first-order valence-electron chi connectivity index (χ1n) is 6.09. The molecule has 2 rings (SSSR count). The Morgan fingerprint density at radius 3 is 2.70 bits per heavy atom. The maximum Gasteiger partial charge on any atom is 0.272 e. The highest BCUT2D eigenvalue weighted by Gasteiger charge is 2.12. The minimum atomic E-state index is -0.360. The number of nitrogens with one attached hydrogen (secondary N) is 1. The summed E-state index contributed by atoms with van der Waals surface area (Å²) in [6.45, 7) is 4.17. The first-order valence-corrected chi connectivity index (χ1v) is 6.88. The molecule has 0 fully saturated rings. The molecule has 0 spiro atoms. The van der Waals surface area contributed by atoms with Gasteiger partial charge in [0.2, 0.25) is 0 Å². The molecule has 0 aliphatic carbocycles. The largest absolute Gasteiger partial charge is 0.366 e. The Hall–Kier alpha value is -1.95. The molecule has 0 unspecified atom stereocenters. The van der Waals surface area contributed by atoms with E-state index in [0.717, 1.165) is 21.5 Å². The molecule has 0 bridgehead atoms. The Bertz CT molecular complexity index is 659. The molecule has 0 amide bonds. The van der Waals surface area contributed by atoms with E-state index in [1.54, 1.807) is 13.0 Å². The standard InChI is InChI=1S/C14H14BrN3O2/c1-9-11(4-3-5-13(9)18(19)20)8-16-14-7-6-12(15)10(2)17-14/h3-7H,8H2,1-2H3,(H,16,17). The maximum absolute atomic E-state index is 10.9. The number of hydrogen-bond acceptors (Lipinski definition) is 4. The van der Waals surface area contributed by atoms with E-state index in [1.807, 2.05) is 25.1 Å². The summed E-state index contributed by atoms with van der Waals surface area (Å²) in [6.07, 6.45) is 0. The Morgan fingerprint density at radius 1 is 1.30 bits per heavy atom. The molecule has 1 aromatic heterocycles. The molecule has 0 atom stereocenters. The van der Waals surface area contributed by atoms with Crippen LogP contribution in [0.15, 0.2) is 34.8 Å². The molecule has 0 aliphatic rings. The van der Waals surface area contributed by atoms with Crippen molar-refractivity contribution >= 4 is 27.4 Å². The summed E-state index contributed by atoms with van der Waals surface area (Å²) in [4.78, 5) is 14.9. The number of aromatic nitrogens is 1. The highest BCUT2D eigenvalue weighted by molar-refractivity contribution is 9.10. The monoisotopic (exact) mass is 335 g/mol. The molecule has 0 saturated carbocycles. The molecule has 0 aliphatic heterocycles. The minimum Gasteiger partial charge on any atom is -0.366 e. The predicted molar refractivity (Wildman–Crippen MR) is 81.8 cm³/mol. The van der Waals surface area contributed by atoms with E-state index in [9.17, 15) is 10.1 Å². The Balaban J connectivity index is 2.17. The molecule has 104 valence electrons. The van der Waals surface area contributed by atoms with Gasteiger partial charge in [0.15, 0.2) is 0 Å².